The molecule has 1 unspecified atom stereocenters. The number of rotatable bonds is 9. The zero-order valence-electron chi connectivity index (χ0n) is 26.7. The SMILES string of the molecule is Cc1cccc(/C=C(/NC(=O)c2ccccc2)C(=O)Nc2cccc(SC(C)C(=O)Nc3cccc4c3C(=O)c3ccccc3C4=O)c2)c1. The van der Waals surface area contributed by atoms with Crippen LogP contribution in [-0.4, -0.2) is 34.5 Å². The molecule has 0 saturated heterocycles. The molecule has 3 amide bonds. The number of ketones is 2. The van der Waals surface area contributed by atoms with Gasteiger partial charge >= 0.3 is 0 Å². The van der Waals surface area contributed by atoms with Gasteiger partial charge in [-0.25, -0.2) is 0 Å². The minimum absolute atomic E-state index is 0.0621. The molecule has 242 valence electrons. The van der Waals surface area contributed by atoms with Crippen LogP contribution in [0.25, 0.3) is 6.08 Å². The van der Waals surface area contributed by atoms with E-state index in [4.69, 9.17) is 0 Å². The summed E-state index contributed by atoms with van der Waals surface area (Å²) in [6.07, 6.45) is 1.62. The molecule has 1 atom stereocenters. The summed E-state index contributed by atoms with van der Waals surface area (Å²) in [7, 11) is 0. The van der Waals surface area contributed by atoms with Crippen molar-refractivity contribution in [3.63, 3.8) is 0 Å². The average molecular weight is 666 g/mol. The van der Waals surface area contributed by atoms with E-state index in [0.29, 0.717) is 27.3 Å². The van der Waals surface area contributed by atoms with E-state index in [-0.39, 0.29) is 40.0 Å². The fourth-order valence-corrected chi connectivity index (χ4v) is 6.38. The van der Waals surface area contributed by atoms with Crippen molar-refractivity contribution in [3.05, 3.63) is 166 Å². The summed E-state index contributed by atoms with van der Waals surface area (Å²) in [6.45, 7) is 3.67. The third-order valence-electron chi connectivity index (χ3n) is 7.87. The second-order valence-corrected chi connectivity index (χ2v) is 12.9. The van der Waals surface area contributed by atoms with Crippen LogP contribution in [0.2, 0.25) is 0 Å². The highest BCUT2D eigenvalue weighted by Crippen LogP contribution is 2.33. The van der Waals surface area contributed by atoms with Crippen molar-refractivity contribution >= 4 is 58.5 Å². The van der Waals surface area contributed by atoms with Crippen LogP contribution in [0.5, 0.6) is 0 Å². The van der Waals surface area contributed by atoms with E-state index in [0.717, 1.165) is 11.1 Å². The number of fused-ring (bicyclic) bond motifs is 2. The number of thioether (sulfide) groups is 1. The molecule has 0 spiro atoms. The monoisotopic (exact) mass is 665 g/mol. The van der Waals surface area contributed by atoms with Crippen molar-refractivity contribution in [2.45, 2.75) is 24.0 Å². The Morgan fingerprint density at radius 3 is 2.12 bits per heavy atom. The minimum atomic E-state index is -0.606. The largest absolute Gasteiger partial charge is 0.324 e. The number of carbonyl (C=O) groups excluding carboxylic acids is 5. The van der Waals surface area contributed by atoms with Crippen molar-refractivity contribution in [2.75, 3.05) is 10.6 Å². The van der Waals surface area contributed by atoms with Gasteiger partial charge in [0.2, 0.25) is 5.91 Å². The molecule has 6 rings (SSSR count). The molecule has 1 aliphatic carbocycles. The molecule has 3 N–H and O–H groups in total. The lowest BCUT2D eigenvalue weighted by Gasteiger charge is -2.21. The van der Waals surface area contributed by atoms with Crippen molar-refractivity contribution < 1.29 is 24.0 Å². The zero-order valence-corrected chi connectivity index (χ0v) is 27.5. The van der Waals surface area contributed by atoms with E-state index in [1.165, 1.54) is 11.8 Å². The van der Waals surface area contributed by atoms with E-state index in [1.54, 1.807) is 104 Å². The summed E-state index contributed by atoms with van der Waals surface area (Å²) in [4.78, 5) is 67.1. The highest BCUT2D eigenvalue weighted by atomic mass is 32.2. The maximum absolute atomic E-state index is 13.5. The standard InChI is InChI=1S/C40H31N3O5S/c1-24-11-8-12-26(21-24)22-34(43-39(47)27-13-4-3-5-14-27)40(48)41-28-15-9-16-29(23-28)49-25(2)38(46)42-33-20-10-19-32-35(33)37(45)31-18-7-6-17-30(31)36(32)44/h3-23,25H,1-2H3,(H,41,48)(H,42,46)(H,43,47)/b34-22+. The molecular weight excluding hydrogens is 635 g/mol. The number of amides is 3. The number of benzene rings is 5. The Morgan fingerprint density at radius 1 is 0.694 bits per heavy atom. The Balaban J connectivity index is 1.16. The van der Waals surface area contributed by atoms with Gasteiger partial charge in [-0.1, -0.05) is 90.5 Å². The van der Waals surface area contributed by atoms with Crippen LogP contribution < -0.4 is 16.0 Å². The van der Waals surface area contributed by atoms with Gasteiger partial charge in [0, 0.05) is 32.8 Å². The first-order valence-corrected chi connectivity index (χ1v) is 16.4. The van der Waals surface area contributed by atoms with Crippen molar-refractivity contribution in [1.82, 2.24) is 5.32 Å². The molecule has 0 heterocycles. The topological polar surface area (TPSA) is 121 Å². The second-order valence-electron chi connectivity index (χ2n) is 11.5. The molecule has 0 fully saturated rings. The fourth-order valence-electron chi connectivity index (χ4n) is 5.46. The number of hydrogen-bond donors (Lipinski definition) is 3. The van der Waals surface area contributed by atoms with Gasteiger partial charge in [0.1, 0.15) is 5.70 Å². The van der Waals surface area contributed by atoms with Crippen molar-refractivity contribution in [1.29, 1.82) is 0 Å². The average Bonchev–Trinajstić information content (AvgIpc) is 3.10. The third-order valence-corrected chi connectivity index (χ3v) is 8.96. The first kappa shape index (κ1) is 32.9. The smallest absolute Gasteiger partial charge is 0.272 e. The van der Waals surface area contributed by atoms with Gasteiger partial charge in [0.15, 0.2) is 11.6 Å². The Kier molecular flexibility index (Phi) is 9.64. The van der Waals surface area contributed by atoms with Crippen LogP contribution in [-0.2, 0) is 9.59 Å². The van der Waals surface area contributed by atoms with Gasteiger partial charge in [-0.05, 0) is 61.9 Å². The Labute approximate surface area is 287 Å². The molecule has 8 nitrogen and oxygen atoms in total. The molecule has 1 aliphatic rings. The predicted octanol–water partition coefficient (Wildman–Crippen LogP) is 7.30. The molecule has 0 saturated carbocycles. The number of aryl methyl sites for hydroxylation is 1. The lowest BCUT2D eigenvalue weighted by Crippen LogP contribution is -2.30. The van der Waals surface area contributed by atoms with Gasteiger partial charge in [-0.15, -0.1) is 11.8 Å². The summed E-state index contributed by atoms with van der Waals surface area (Å²) in [5, 5.41) is 7.84. The normalized spacial score (nSPS) is 12.7. The number of carbonyl (C=O) groups is 5. The first-order chi connectivity index (χ1) is 23.7. The maximum Gasteiger partial charge on any atom is 0.272 e. The summed E-state index contributed by atoms with van der Waals surface area (Å²) in [6, 6.07) is 34.7. The lowest BCUT2D eigenvalue weighted by atomic mass is 9.83. The molecule has 9 heteroatoms. The quantitative estimate of drug-likeness (QED) is 0.110. The van der Waals surface area contributed by atoms with Gasteiger partial charge < -0.3 is 16.0 Å². The van der Waals surface area contributed by atoms with Crippen LogP contribution >= 0.6 is 11.8 Å². The van der Waals surface area contributed by atoms with Crippen LogP contribution in [0.1, 0.15) is 60.3 Å². The molecular formula is C40H31N3O5S. The highest BCUT2D eigenvalue weighted by Gasteiger charge is 2.32. The van der Waals surface area contributed by atoms with Crippen molar-refractivity contribution in [3.8, 4) is 0 Å². The number of hydrogen-bond acceptors (Lipinski definition) is 6. The van der Waals surface area contributed by atoms with E-state index in [2.05, 4.69) is 16.0 Å². The van der Waals surface area contributed by atoms with E-state index in [1.807, 2.05) is 37.3 Å². The molecule has 5 aromatic carbocycles. The summed E-state index contributed by atoms with van der Waals surface area (Å²) in [5.41, 5.74) is 4.04. The maximum atomic E-state index is 13.5. The minimum Gasteiger partial charge on any atom is -0.324 e. The van der Waals surface area contributed by atoms with Gasteiger partial charge in [0.05, 0.1) is 16.5 Å². The summed E-state index contributed by atoms with van der Waals surface area (Å²) >= 11 is 1.26. The Bertz CT molecular complexity index is 2160. The molecule has 49 heavy (non-hydrogen) atoms. The molecule has 0 aromatic heterocycles. The van der Waals surface area contributed by atoms with Gasteiger partial charge in [-0.2, -0.15) is 0 Å². The van der Waals surface area contributed by atoms with Crippen LogP contribution in [0.4, 0.5) is 11.4 Å². The molecule has 0 aliphatic heterocycles. The van der Waals surface area contributed by atoms with E-state index >= 15 is 0 Å². The van der Waals surface area contributed by atoms with Crippen LogP contribution in [0.3, 0.4) is 0 Å². The van der Waals surface area contributed by atoms with E-state index < -0.39 is 17.1 Å². The first-order valence-electron chi connectivity index (χ1n) is 15.5. The Hall–Kier alpha value is -6.06. The van der Waals surface area contributed by atoms with Crippen molar-refractivity contribution in [2.24, 2.45) is 0 Å². The fraction of sp³-hybridized carbons (Fsp3) is 0.0750. The van der Waals surface area contributed by atoms with E-state index in [9.17, 15) is 24.0 Å². The van der Waals surface area contributed by atoms with Crippen LogP contribution in [0, 0.1) is 6.92 Å². The van der Waals surface area contributed by atoms with Crippen LogP contribution in [0.15, 0.2) is 132 Å². The molecule has 0 radical (unpaired) electrons. The predicted molar refractivity (Wildman–Crippen MR) is 192 cm³/mol. The zero-order chi connectivity index (χ0) is 34.5. The molecule has 5 aromatic rings. The summed E-state index contributed by atoms with van der Waals surface area (Å²) in [5.74, 6) is -1.89. The third kappa shape index (κ3) is 7.42. The summed E-state index contributed by atoms with van der Waals surface area (Å²) < 4.78 is 0. The number of nitrogens with one attached hydrogen (secondary N) is 3. The van der Waals surface area contributed by atoms with Gasteiger partial charge in [-0.3, -0.25) is 24.0 Å². The number of anilines is 2. The lowest BCUT2D eigenvalue weighted by molar-refractivity contribution is -0.115. The molecule has 0 bridgehead atoms. The Morgan fingerprint density at radius 2 is 1.37 bits per heavy atom. The van der Waals surface area contributed by atoms with Gasteiger partial charge in [0.25, 0.3) is 11.8 Å². The second kappa shape index (κ2) is 14.4. The highest BCUT2D eigenvalue weighted by molar-refractivity contribution is 8.00.